The number of rotatable bonds is 7. The number of alkyl halides is 3. The first kappa shape index (κ1) is 21.6. The second-order valence-corrected chi connectivity index (χ2v) is 7.26. The van der Waals surface area contributed by atoms with E-state index in [1.807, 2.05) is 0 Å². The van der Waals surface area contributed by atoms with Gasteiger partial charge in [0.2, 0.25) is 0 Å². The molecule has 28 heavy (non-hydrogen) atoms. The highest BCUT2D eigenvalue weighted by molar-refractivity contribution is 5.98. The van der Waals surface area contributed by atoms with Crippen molar-refractivity contribution in [3.63, 3.8) is 0 Å². The largest absolute Gasteiger partial charge is 0.419 e. The molecular formula is C19H24F3N5O. The number of hydrogen-bond donors (Lipinski definition) is 2. The Balaban J connectivity index is 2.13. The summed E-state index contributed by atoms with van der Waals surface area (Å²) in [6.07, 6.45) is -1.08. The van der Waals surface area contributed by atoms with Crippen LogP contribution in [0.15, 0.2) is 39.9 Å². The van der Waals surface area contributed by atoms with Crippen LogP contribution in [-0.2, 0) is 17.5 Å². The Labute approximate surface area is 162 Å². The first-order valence-electron chi connectivity index (χ1n) is 8.77. The number of carbonyl (C=O) groups excluding carboxylic acids is 1. The monoisotopic (exact) mass is 395 g/mol. The van der Waals surface area contributed by atoms with Crippen molar-refractivity contribution < 1.29 is 18.0 Å². The fraction of sp³-hybridized carbons (Fsp3) is 0.474. The van der Waals surface area contributed by atoms with Gasteiger partial charge in [0.05, 0.1) is 12.1 Å². The smallest absolute Gasteiger partial charge is 0.365 e. The molecule has 2 N–H and O–H groups in total. The van der Waals surface area contributed by atoms with Gasteiger partial charge in [0.15, 0.2) is 0 Å². The summed E-state index contributed by atoms with van der Waals surface area (Å²) < 4.78 is 37.7. The Kier molecular flexibility index (Phi) is 6.26. The summed E-state index contributed by atoms with van der Waals surface area (Å²) in [4.78, 5) is 24.0. The fourth-order valence-corrected chi connectivity index (χ4v) is 2.58. The third kappa shape index (κ3) is 5.40. The Hall–Kier alpha value is -2.71. The second kappa shape index (κ2) is 8.12. The Morgan fingerprint density at radius 3 is 2.25 bits per heavy atom. The summed E-state index contributed by atoms with van der Waals surface area (Å²) in [5.41, 5.74) is 0.884. The van der Waals surface area contributed by atoms with Gasteiger partial charge in [-0.1, -0.05) is 5.57 Å². The lowest BCUT2D eigenvalue weighted by atomic mass is 10.0. The predicted octanol–water partition coefficient (Wildman–Crippen LogP) is 3.52. The zero-order chi connectivity index (χ0) is 21.1. The molecule has 1 heterocycles. The van der Waals surface area contributed by atoms with Crippen LogP contribution in [0, 0.1) is 0 Å². The van der Waals surface area contributed by atoms with E-state index in [1.165, 1.54) is 0 Å². The third-order valence-electron chi connectivity index (χ3n) is 4.48. The van der Waals surface area contributed by atoms with Gasteiger partial charge in [0.1, 0.15) is 11.6 Å². The molecule has 152 valence electrons. The minimum atomic E-state index is -4.50. The summed E-state index contributed by atoms with van der Waals surface area (Å²) in [6, 6.07) is 0. The summed E-state index contributed by atoms with van der Waals surface area (Å²) in [6.45, 7) is 10.9. The lowest BCUT2D eigenvalue weighted by Crippen LogP contribution is -2.30. The minimum Gasteiger partial charge on any atom is -0.365 e. The molecule has 1 aromatic heterocycles. The number of carbonyl (C=O) groups is 1. The van der Waals surface area contributed by atoms with Crippen molar-refractivity contribution >= 4 is 12.6 Å². The Morgan fingerprint density at radius 1 is 1.25 bits per heavy atom. The van der Waals surface area contributed by atoms with Gasteiger partial charge in [0, 0.05) is 29.1 Å². The molecule has 0 bridgehead atoms. The van der Waals surface area contributed by atoms with Crippen LogP contribution >= 0.6 is 0 Å². The quantitative estimate of drug-likeness (QED) is 0.421. The van der Waals surface area contributed by atoms with E-state index in [0.29, 0.717) is 29.4 Å². The van der Waals surface area contributed by atoms with Crippen molar-refractivity contribution in [1.29, 1.82) is 0 Å². The van der Waals surface area contributed by atoms with Crippen molar-refractivity contribution in [2.24, 2.45) is 4.99 Å². The second-order valence-electron chi connectivity index (χ2n) is 7.26. The highest BCUT2D eigenvalue weighted by atomic mass is 19.4. The molecule has 0 atom stereocenters. The molecule has 1 aliphatic carbocycles. The number of nitrogens with one attached hydrogen (secondary N) is 2. The topological polar surface area (TPSA) is 79.3 Å². The maximum Gasteiger partial charge on any atom is 0.419 e. The van der Waals surface area contributed by atoms with Gasteiger partial charge in [-0.2, -0.15) is 13.2 Å². The van der Waals surface area contributed by atoms with E-state index in [0.717, 1.165) is 18.4 Å². The normalized spacial score (nSPS) is 16.0. The minimum absolute atomic E-state index is 0.0327. The highest BCUT2D eigenvalue weighted by Gasteiger charge is 2.38. The van der Waals surface area contributed by atoms with Crippen LogP contribution in [-0.4, -0.2) is 28.1 Å². The molecule has 0 aliphatic heterocycles. The highest BCUT2D eigenvalue weighted by Crippen LogP contribution is 2.36. The molecule has 0 spiro atoms. The maximum absolute atomic E-state index is 12.7. The average molecular weight is 395 g/mol. The van der Waals surface area contributed by atoms with E-state index in [2.05, 4.69) is 39.2 Å². The van der Waals surface area contributed by atoms with Gasteiger partial charge < -0.3 is 10.6 Å². The molecule has 1 aromatic rings. The van der Waals surface area contributed by atoms with Gasteiger partial charge in [-0.3, -0.25) is 4.79 Å². The van der Waals surface area contributed by atoms with Crippen molar-refractivity contribution in [2.75, 3.05) is 0 Å². The summed E-state index contributed by atoms with van der Waals surface area (Å²) in [5, 5.41) is 5.96. The van der Waals surface area contributed by atoms with Crippen LogP contribution < -0.4 is 10.6 Å². The first-order chi connectivity index (χ1) is 13.0. The number of hydrogen-bond acceptors (Lipinski definition) is 5. The van der Waals surface area contributed by atoms with E-state index in [-0.39, 0.29) is 23.8 Å². The van der Waals surface area contributed by atoms with Gasteiger partial charge in [-0.05, 0) is 47.3 Å². The van der Waals surface area contributed by atoms with Crippen LogP contribution in [0.5, 0.6) is 0 Å². The van der Waals surface area contributed by atoms with E-state index in [9.17, 15) is 18.0 Å². The molecule has 2 rings (SSSR count). The third-order valence-corrected chi connectivity index (χ3v) is 4.48. The lowest BCUT2D eigenvalue weighted by Gasteiger charge is -2.18. The molecule has 9 heteroatoms. The molecule has 0 saturated heterocycles. The van der Waals surface area contributed by atoms with Crippen LogP contribution in [0.4, 0.5) is 13.2 Å². The average Bonchev–Trinajstić information content (AvgIpc) is 3.34. The Morgan fingerprint density at radius 2 is 1.82 bits per heavy atom. The number of aliphatic imine (C=N–C) groups is 1. The molecule has 0 unspecified atom stereocenters. The van der Waals surface area contributed by atoms with Gasteiger partial charge in [0.25, 0.3) is 5.91 Å². The number of halogens is 3. The lowest BCUT2D eigenvalue weighted by molar-refractivity contribution is -0.138. The molecule has 0 radical (unpaired) electrons. The maximum atomic E-state index is 12.7. The number of allylic oxidation sites excluding steroid dienone is 1. The summed E-state index contributed by atoms with van der Waals surface area (Å²) >= 11 is 0. The van der Waals surface area contributed by atoms with Crippen LogP contribution in [0.2, 0.25) is 0 Å². The van der Waals surface area contributed by atoms with Crippen molar-refractivity contribution in [2.45, 2.75) is 58.8 Å². The van der Waals surface area contributed by atoms with Crippen LogP contribution in [0.25, 0.3) is 0 Å². The standard InChI is InChI=1S/C19H24F3N5O/c1-11(2)15(12(3)16(23-5)27-18(4)6-7-18)17(28)26-10-14-24-8-13(9-25-14)19(20,21)22/h8-9,27H,5-7,10H2,1-4H3,(H,26,28)/b16-12-. The van der Waals surface area contributed by atoms with E-state index < -0.39 is 11.7 Å². The zero-order valence-electron chi connectivity index (χ0n) is 16.4. The van der Waals surface area contributed by atoms with Gasteiger partial charge >= 0.3 is 6.18 Å². The molecule has 1 saturated carbocycles. The number of aromatic nitrogens is 2. The first-order valence-corrected chi connectivity index (χ1v) is 8.77. The van der Waals surface area contributed by atoms with Crippen molar-refractivity contribution in [3.05, 3.63) is 46.3 Å². The van der Waals surface area contributed by atoms with E-state index in [1.54, 1.807) is 20.8 Å². The van der Waals surface area contributed by atoms with Crippen molar-refractivity contribution in [3.8, 4) is 0 Å². The summed E-state index contributed by atoms with van der Waals surface area (Å²) in [7, 11) is 0. The predicted molar refractivity (Wildman–Crippen MR) is 100 cm³/mol. The molecule has 6 nitrogen and oxygen atoms in total. The zero-order valence-corrected chi connectivity index (χ0v) is 16.4. The fourth-order valence-electron chi connectivity index (χ4n) is 2.58. The molecule has 0 aromatic carbocycles. The van der Waals surface area contributed by atoms with E-state index in [4.69, 9.17) is 0 Å². The van der Waals surface area contributed by atoms with Gasteiger partial charge in [-0.25, -0.2) is 15.0 Å². The van der Waals surface area contributed by atoms with Crippen LogP contribution in [0.3, 0.4) is 0 Å². The van der Waals surface area contributed by atoms with Crippen LogP contribution in [0.1, 0.15) is 51.9 Å². The van der Waals surface area contributed by atoms with Gasteiger partial charge in [-0.15, -0.1) is 0 Å². The molecule has 1 amide bonds. The summed E-state index contributed by atoms with van der Waals surface area (Å²) in [5.74, 6) is 0.240. The Bertz CT molecular complexity index is 817. The molecular weight excluding hydrogens is 371 g/mol. The van der Waals surface area contributed by atoms with E-state index >= 15 is 0 Å². The molecule has 1 fully saturated rings. The number of nitrogens with zero attached hydrogens (tertiary/aromatic N) is 3. The SMILES string of the molecule is C=N/C(NC1(C)CC1)=C(\C)C(C(=O)NCc1ncc(C(F)(F)F)cn1)=C(C)C. The van der Waals surface area contributed by atoms with Crippen molar-refractivity contribution in [1.82, 2.24) is 20.6 Å². The molecule has 1 aliphatic rings. The number of amides is 1.